The highest BCUT2D eigenvalue weighted by Gasteiger charge is 2.08. The van der Waals surface area contributed by atoms with Gasteiger partial charge in [-0.3, -0.25) is 0 Å². The predicted octanol–water partition coefficient (Wildman–Crippen LogP) is 7.57. The molecule has 1 nitrogen and oxygen atoms in total. The third kappa shape index (κ3) is 3.15. The van der Waals surface area contributed by atoms with Crippen molar-refractivity contribution in [3.8, 4) is 11.1 Å². The molecule has 0 bridgehead atoms. The van der Waals surface area contributed by atoms with Crippen LogP contribution in [0.5, 0.6) is 0 Å². The first-order valence-corrected chi connectivity index (χ1v) is 10.3. The van der Waals surface area contributed by atoms with Crippen LogP contribution < -0.4 is 0 Å². The Hall–Kier alpha value is -2.59. The summed E-state index contributed by atoms with van der Waals surface area (Å²) in [5.74, 6) is 0. The van der Waals surface area contributed by atoms with Crippen LogP contribution in [0.4, 0.5) is 0 Å². The number of halogens is 1. The Morgan fingerprint density at radius 3 is 2.33 bits per heavy atom. The maximum Gasteiger partial charge on any atom is 0.135 e. The molecule has 1 aromatic heterocycles. The van der Waals surface area contributed by atoms with Gasteiger partial charge in [-0.25, -0.2) is 0 Å². The van der Waals surface area contributed by atoms with E-state index in [1.54, 1.807) is 0 Å². The number of allylic oxidation sites excluding steroid dienone is 6. The summed E-state index contributed by atoms with van der Waals surface area (Å²) in [6, 6.07) is 23.4. The van der Waals surface area contributed by atoms with Gasteiger partial charge in [-0.1, -0.05) is 102 Å². The van der Waals surface area contributed by atoms with E-state index >= 15 is 0 Å². The minimum atomic E-state index is 0.451. The van der Waals surface area contributed by atoms with Crippen molar-refractivity contribution in [3.05, 3.63) is 103 Å². The summed E-state index contributed by atoms with van der Waals surface area (Å²) in [6.45, 7) is 0. The van der Waals surface area contributed by atoms with E-state index in [9.17, 15) is 0 Å². The van der Waals surface area contributed by atoms with Crippen LogP contribution in [0, 0.1) is 0 Å². The van der Waals surface area contributed by atoms with Crippen LogP contribution >= 0.6 is 22.6 Å². The van der Waals surface area contributed by atoms with Crippen LogP contribution in [0.2, 0.25) is 0 Å². The molecule has 5 rings (SSSR count). The number of hydrogen-bond donors (Lipinski definition) is 0. The smallest absolute Gasteiger partial charge is 0.135 e. The second-order valence-electron chi connectivity index (χ2n) is 6.70. The molecule has 0 spiro atoms. The van der Waals surface area contributed by atoms with Gasteiger partial charge in [-0.2, -0.15) is 0 Å². The van der Waals surface area contributed by atoms with Crippen LogP contribution in [0.25, 0.3) is 38.6 Å². The molecule has 1 aliphatic rings. The quantitative estimate of drug-likeness (QED) is 0.222. The highest BCUT2D eigenvalue weighted by Crippen LogP contribution is 2.32. The zero-order chi connectivity index (χ0) is 18.2. The van der Waals surface area contributed by atoms with Gasteiger partial charge in [0.25, 0.3) is 0 Å². The van der Waals surface area contributed by atoms with Crippen molar-refractivity contribution in [1.82, 2.24) is 0 Å². The molecule has 0 fully saturated rings. The number of alkyl halides is 1. The second kappa shape index (κ2) is 6.86. The molecule has 3 aromatic carbocycles. The van der Waals surface area contributed by atoms with Crippen LogP contribution in [0.15, 0.2) is 102 Å². The summed E-state index contributed by atoms with van der Waals surface area (Å²) in [7, 11) is 0. The fourth-order valence-corrected chi connectivity index (χ4v) is 3.98. The van der Waals surface area contributed by atoms with Gasteiger partial charge in [0.1, 0.15) is 11.2 Å². The molecule has 0 radical (unpaired) electrons. The molecule has 0 N–H and O–H groups in total. The first kappa shape index (κ1) is 16.6. The molecule has 1 unspecified atom stereocenters. The summed E-state index contributed by atoms with van der Waals surface area (Å²) in [5.41, 5.74) is 6.78. The average molecular weight is 460 g/mol. The first-order valence-electron chi connectivity index (χ1n) is 9.01. The van der Waals surface area contributed by atoms with Gasteiger partial charge in [-0.15, -0.1) is 0 Å². The molecule has 2 heteroatoms. The number of para-hydroxylation sites is 1. The normalized spacial score (nSPS) is 16.6. The number of rotatable bonds is 2. The van der Waals surface area contributed by atoms with Crippen molar-refractivity contribution in [1.29, 1.82) is 0 Å². The number of hydrogen-bond acceptors (Lipinski definition) is 1. The van der Waals surface area contributed by atoms with Crippen LogP contribution in [0.1, 0.15) is 5.56 Å². The predicted molar refractivity (Wildman–Crippen MR) is 123 cm³/mol. The summed E-state index contributed by atoms with van der Waals surface area (Å²) in [4.78, 5) is 0. The molecular formula is C25H17IO. The zero-order valence-corrected chi connectivity index (χ0v) is 16.8. The molecule has 1 atom stereocenters. The third-order valence-corrected chi connectivity index (χ3v) is 5.79. The molecule has 0 saturated heterocycles. The van der Waals surface area contributed by atoms with E-state index in [-0.39, 0.29) is 0 Å². The highest BCUT2D eigenvalue weighted by atomic mass is 127. The largest absolute Gasteiger partial charge is 0.456 e. The van der Waals surface area contributed by atoms with E-state index in [0.717, 1.165) is 11.2 Å². The van der Waals surface area contributed by atoms with Crippen LogP contribution in [-0.4, -0.2) is 3.92 Å². The van der Waals surface area contributed by atoms with Gasteiger partial charge >= 0.3 is 0 Å². The molecule has 27 heavy (non-hydrogen) atoms. The third-order valence-electron chi connectivity index (χ3n) is 4.96. The van der Waals surface area contributed by atoms with E-state index in [4.69, 9.17) is 4.42 Å². The van der Waals surface area contributed by atoms with Gasteiger partial charge < -0.3 is 4.42 Å². The topological polar surface area (TPSA) is 13.1 Å². The summed E-state index contributed by atoms with van der Waals surface area (Å²) in [6.07, 6.45) is 10.9. The highest BCUT2D eigenvalue weighted by molar-refractivity contribution is 14.1. The van der Waals surface area contributed by atoms with Crippen molar-refractivity contribution in [2.45, 2.75) is 3.92 Å². The molecule has 0 aliphatic heterocycles. The van der Waals surface area contributed by atoms with Crippen molar-refractivity contribution in [2.75, 3.05) is 0 Å². The maximum atomic E-state index is 5.94. The maximum absolute atomic E-state index is 5.94. The van der Waals surface area contributed by atoms with E-state index in [2.05, 4.69) is 108 Å². The van der Waals surface area contributed by atoms with Gasteiger partial charge in [0.05, 0.1) is 0 Å². The minimum Gasteiger partial charge on any atom is -0.456 e. The van der Waals surface area contributed by atoms with Gasteiger partial charge in [0.15, 0.2) is 0 Å². The van der Waals surface area contributed by atoms with E-state index in [1.807, 2.05) is 12.1 Å². The van der Waals surface area contributed by atoms with Gasteiger partial charge in [0, 0.05) is 14.7 Å². The lowest BCUT2D eigenvalue weighted by atomic mass is 9.99. The number of furan rings is 1. The first-order chi connectivity index (χ1) is 13.3. The fourth-order valence-electron chi connectivity index (χ4n) is 3.53. The summed E-state index contributed by atoms with van der Waals surface area (Å²) < 4.78 is 6.39. The summed E-state index contributed by atoms with van der Waals surface area (Å²) >= 11 is 2.42. The van der Waals surface area contributed by atoms with E-state index in [0.29, 0.717) is 3.92 Å². The van der Waals surface area contributed by atoms with E-state index in [1.165, 1.54) is 33.0 Å². The molecule has 1 aliphatic carbocycles. The monoisotopic (exact) mass is 460 g/mol. The minimum absolute atomic E-state index is 0.451. The molecule has 130 valence electrons. The molecule has 1 heterocycles. The SMILES string of the molecule is IC1C=CC=C(c2ccc(-c3ccc4oc5ccccc5c4c3)cc2)C=C1. The van der Waals surface area contributed by atoms with Gasteiger partial charge in [-0.05, 0) is 40.5 Å². The van der Waals surface area contributed by atoms with E-state index < -0.39 is 0 Å². The molecule has 0 saturated carbocycles. The Morgan fingerprint density at radius 2 is 1.44 bits per heavy atom. The number of benzene rings is 3. The standard InChI is InChI=1S/C25H17IO/c26-21-5-3-4-17(12-14-21)18-8-10-19(11-9-18)20-13-15-25-23(16-20)22-6-1-2-7-24(22)27-25/h1-16,21H. The van der Waals surface area contributed by atoms with Gasteiger partial charge in [0.2, 0.25) is 0 Å². The van der Waals surface area contributed by atoms with Crippen molar-refractivity contribution < 1.29 is 4.42 Å². The Balaban J connectivity index is 1.53. The Kier molecular flexibility index (Phi) is 4.21. The van der Waals surface area contributed by atoms with Crippen molar-refractivity contribution >= 4 is 50.1 Å². The van der Waals surface area contributed by atoms with Crippen molar-refractivity contribution in [3.63, 3.8) is 0 Å². The van der Waals surface area contributed by atoms with Crippen LogP contribution in [0.3, 0.4) is 0 Å². The lowest BCUT2D eigenvalue weighted by molar-refractivity contribution is 0.669. The Labute approximate surface area is 171 Å². The summed E-state index contributed by atoms with van der Waals surface area (Å²) in [5, 5.41) is 2.33. The Morgan fingerprint density at radius 1 is 0.704 bits per heavy atom. The van der Waals surface area contributed by atoms with Crippen molar-refractivity contribution in [2.24, 2.45) is 0 Å². The Bertz CT molecular complexity index is 1220. The molecule has 4 aromatic rings. The molecule has 0 amide bonds. The average Bonchev–Trinajstić information content (AvgIpc) is 2.94. The zero-order valence-electron chi connectivity index (χ0n) is 14.6. The lowest BCUT2D eigenvalue weighted by Crippen LogP contribution is -1.84. The van der Waals surface area contributed by atoms with Crippen LogP contribution in [-0.2, 0) is 0 Å². The second-order valence-corrected chi connectivity index (χ2v) is 8.14. The lowest BCUT2D eigenvalue weighted by Gasteiger charge is -2.06. The number of fused-ring (bicyclic) bond motifs is 3. The molecular weight excluding hydrogens is 443 g/mol. The fraction of sp³-hybridized carbons (Fsp3) is 0.0400.